The second kappa shape index (κ2) is 4.48. The number of hydrogen-bond acceptors (Lipinski definition) is 3. The highest BCUT2D eigenvalue weighted by Crippen LogP contribution is 2.27. The van der Waals surface area contributed by atoms with Gasteiger partial charge in [0.2, 0.25) is 5.90 Å². The Morgan fingerprint density at radius 3 is 2.21 bits per heavy atom. The van der Waals surface area contributed by atoms with Crippen molar-refractivity contribution in [3.8, 4) is 0 Å². The highest BCUT2D eigenvalue weighted by atomic mass is 16.6. The van der Waals surface area contributed by atoms with E-state index in [0.29, 0.717) is 12.3 Å². The molecule has 0 radical (unpaired) electrons. The second-order valence-corrected chi connectivity index (χ2v) is 6.26. The third-order valence-corrected chi connectivity index (χ3v) is 3.66. The van der Waals surface area contributed by atoms with Gasteiger partial charge in [0.05, 0.1) is 0 Å². The van der Waals surface area contributed by atoms with Gasteiger partial charge in [-0.2, -0.15) is 0 Å². The molecule has 0 N–H and O–H groups in total. The Balaban J connectivity index is 2.30. The fourth-order valence-electron chi connectivity index (χ4n) is 1.95. The molecule has 2 rings (SSSR count). The van der Waals surface area contributed by atoms with Crippen molar-refractivity contribution in [3.05, 3.63) is 35.4 Å². The van der Waals surface area contributed by atoms with Gasteiger partial charge in [0.1, 0.15) is 0 Å². The van der Waals surface area contributed by atoms with Crippen LogP contribution in [0.4, 0.5) is 0 Å². The molecule has 3 heteroatoms. The van der Waals surface area contributed by atoms with Crippen LogP contribution in [0.1, 0.15) is 52.2 Å². The summed E-state index contributed by atoms with van der Waals surface area (Å²) >= 11 is 0. The van der Waals surface area contributed by atoms with Gasteiger partial charge in [0, 0.05) is 5.56 Å². The lowest BCUT2D eigenvalue weighted by Gasteiger charge is -2.18. The van der Waals surface area contributed by atoms with E-state index in [2.05, 4.69) is 37.9 Å². The molecule has 1 atom stereocenters. The molecule has 1 aliphatic heterocycles. The first-order valence-corrected chi connectivity index (χ1v) is 6.69. The van der Waals surface area contributed by atoms with Gasteiger partial charge in [0.25, 0.3) is 0 Å². The number of ether oxygens (including phenoxy) is 1. The lowest BCUT2D eigenvalue weighted by molar-refractivity contribution is -0.138. The average molecular weight is 259 g/mol. The summed E-state index contributed by atoms with van der Waals surface area (Å²) in [5, 5.41) is 0. The standard InChI is InChI=1S/C16H21NO2/c1-6-16(5)14(18)19-13(17-16)11-7-9-12(10-8-11)15(2,3)4/h7-10H,6H2,1-5H3. The van der Waals surface area contributed by atoms with Crippen LogP contribution < -0.4 is 0 Å². The summed E-state index contributed by atoms with van der Waals surface area (Å²) in [6.45, 7) is 10.3. The predicted octanol–water partition coefficient (Wildman–Crippen LogP) is 3.46. The Morgan fingerprint density at radius 2 is 1.79 bits per heavy atom. The van der Waals surface area contributed by atoms with E-state index in [4.69, 9.17) is 4.74 Å². The maximum absolute atomic E-state index is 11.8. The first kappa shape index (κ1) is 13.8. The van der Waals surface area contributed by atoms with Crippen LogP contribution in [-0.2, 0) is 14.9 Å². The Morgan fingerprint density at radius 1 is 1.21 bits per heavy atom. The van der Waals surface area contributed by atoms with Gasteiger partial charge in [0.15, 0.2) is 5.54 Å². The molecule has 3 nitrogen and oxygen atoms in total. The molecule has 0 bridgehead atoms. The zero-order valence-electron chi connectivity index (χ0n) is 12.3. The molecule has 1 aliphatic rings. The van der Waals surface area contributed by atoms with Gasteiger partial charge in [-0.25, -0.2) is 9.79 Å². The van der Waals surface area contributed by atoms with Gasteiger partial charge in [-0.3, -0.25) is 0 Å². The fraction of sp³-hybridized carbons (Fsp3) is 0.500. The van der Waals surface area contributed by atoms with E-state index in [1.807, 2.05) is 26.0 Å². The van der Waals surface area contributed by atoms with E-state index in [1.54, 1.807) is 0 Å². The fourth-order valence-corrected chi connectivity index (χ4v) is 1.95. The van der Waals surface area contributed by atoms with Crippen LogP contribution in [0.2, 0.25) is 0 Å². The number of carbonyl (C=O) groups excluding carboxylic acids is 1. The topological polar surface area (TPSA) is 38.7 Å². The highest BCUT2D eigenvalue weighted by Gasteiger charge is 2.40. The van der Waals surface area contributed by atoms with Crippen molar-refractivity contribution in [3.63, 3.8) is 0 Å². The Labute approximate surface area is 114 Å². The molecule has 0 aromatic heterocycles. The Bertz CT molecular complexity index is 523. The van der Waals surface area contributed by atoms with Crippen molar-refractivity contribution in [2.45, 2.75) is 52.0 Å². The van der Waals surface area contributed by atoms with Gasteiger partial charge in [-0.05, 0) is 36.5 Å². The van der Waals surface area contributed by atoms with Gasteiger partial charge >= 0.3 is 5.97 Å². The number of nitrogens with zero attached hydrogens (tertiary/aromatic N) is 1. The molecule has 0 fully saturated rings. The first-order chi connectivity index (χ1) is 8.76. The SMILES string of the molecule is CCC1(C)N=C(c2ccc(C(C)(C)C)cc2)OC1=O. The lowest BCUT2D eigenvalue weighted by atomic mass is 9.87. The van der Waals surface area contributed by atoms with Crippen LogP contribution in [0.3, 0.4) is 0 Å². The smallest absolute Gasteiger partial charge is 0.340 e. The highest BCUT2D eigenvalue weighted by molar-refractivity contribution is 6.07. The van der Waals surface area contributed by atoms with Gasteiger partial charge in [-0.1, -0.05) is 39.8 Å². The summed E-state index contributed by atoms with van der Waals surface area (Å²) in [5.41, 5.74) is 1.50. The second-order valence-electron chi connectivity index (χ2n) is 6.26. The van der Waals surface area contributed by atoms with E-state index in [0.717, 1.165) is 5.56 Å². The molecular weight excluding hydrogens is 238 g/mol. The minimum Gasteiger partial charge on any atom is -0.405 e. The molecule has 19 heavy (non-hydrogen) atoms. The number of esters is 1. The molecule has 0 aliphatic carbocycles. The van der Waals surface area contributed by atoms with Crippen molar-refractivity contribution in [1.29, 1.82) is 0 Å². The van der Waals surface area contributed by atoms with Crippen LogP contribution in [0.25, 0.3) is 0 Å². The molecule has 0 spiro atoms. The van der Waals surface area contributed by atoms with E-state index < -0.39 is 5.54 Å². The van der Waals surface area contributed by atoms with Gasteiger partial charge in [-0.15, -0.1) is 0 Å². The average Bonchev–Trinajstić information content (AvgIpc) is 2.66. The maximum Gasteiger partial charge on any atom is 0.340 e. The zero-order valence-corrected chi connectivity index (χ0v) is 12.3. The van der Waals surface area contributed by atoms with Crippen LogP contribution in [-0.4, -0.2) is 17.4 Å². The number of benzene rings is 1. The molecule has 0 saturated heterocycles. The number of hydrogen-bond donors (Lipinski definition) is 0. The van der Waals surface area contributed by atoms with Crippen LogP contribution in [0.5, 0.6) is 0 Å². The van der Waals surface area contributed by atoms with Crippen molar-refractivity contribution < 1.29 is 9.53 Å². The molecule has 1 aromatic carbocycles. The largest absolute Gasteiger partial charge is 0.405 e. The summed E-state index contributed by atoms with van der Waals surface area (Å²) in [6.07, 6.45) is 0.648. The van der Waals surface area contributed by atoms with E-state index in [9.17, 15) is 4.79 Å². The third-order valence-electron chi connectivity index (χ3n) is 3.66. The molecule has 1 unspecified atom stereocenters. The summed E-state index contributed by atoms with van der Waals surface area (Å²) in [6, 6.07) is 8.06. The molecule has 1 aromatic rings. The minimum absolute atomic E-state index is 0.116. The minimum atomic E-state index is -0.724. The normalized spacial score (nSPS) is 23.2. The summed E-state index contributed by atoms with van der Waals surface area (Å²) in [7, 11) is 0. The zero-order chi connectivity index (χ0) is 14.3. The van der Waals surface area contributed by atoms with Crippen molar-refractivity contribution in [2.24, 2.45) is 4.99 Å². The monoisotopic (exact) mass is 259 g/mol. The van der Waals surface area contributed by atoms with Crippen LogP contribution >= 0.6 is 0 Å². The third kappa shape index (κ3) is 2.55. The lowest BCUT2D eigenvalue weighted by Crippen LogP contribution is -2.28. The van der Waals surface area contributed by atoms with E-state index in [-0.39, 0.29) is 11.4 Å². The predicted molar refractivity (Wildman–Crippen MR) is 76.5 cm³/mol. The summed E-state index contributed by atoms with van der Waals surface area (Å²) in [4.78, 5) is 16.2. The summed E-state index contributed by atoms with van der Waals surface area (Å²) < 4.78 is 5.29. The Hall–Kier alpha value is -1.64. The number of aliphatic imine (C=N–C) groups is 1. The van der Waals surface area contributed by atoms with Gasteiger partial charge < -0.3 is 4.74 Å². The van der Waals surface area contributed by atoms with Crippen LogP contribution in [0, 0.1) is 0 Å². The molecule has 102 valence electrons. The maximum atomic E-state index is 11.8. The van der Waals surface area contributed by atoms with Crippen LogP contribution in [0.15, 0.2) is 29.3 Å². The summed E-state index contributed by atoms with van der Waals surface area (Å²) in [5.74, 6) is 0.180. The first-order valence-electron chi connectivity index (χ1n) is 6.69. The Kier molecular flexibility index (Phi) is 3.25. The van der Waals surface area contributed by atoms with Crippen molar-refractivity contribution in [2.75, 3.05) is 0 Å². The number of rotatable bonds is 2. The molecule has 0 amide bonds. The van der Waals surface area contributed by atoms with Crippen molar-refractivity contribution in [1.82, 2.24) is 0 Å². The van der Waals surface area contributed by atoms with Crippen molar-refractivity contribution >= 4 is 11.9 Å². The number of carbonyl (C=O) groups is 1. The molecular formula is C16H21NO2. The number of cyclic esters (lactones) is 1. The molecule has 0 saturated carbocycles. The van der Waals surface area contributed by atoms with E-state index >= 15 is 0 Å². The molecule has 1 heterocycles. The van der Waals surface area contributed by atoms with E-state index in [1.165, 1.54) is 5.56 Å². The quantitative estimate of drug-likeness (QED) is 0.763.